The van der Waals surface area contributed by atoms with Gasteiger partial charge in [-0.2, -0.15) is 0 Å². The fraction of sp³-hybridized carbons (Fsp3) is 0.182. The van der Waals surface area contributed by atoms with Gasteiger partial charge in [0.1, 0.15) is 0 Å². The monoisotopic (exact) mass is 378 g/mol. The van der Waals surface area contributed by atoms with Gasteiger partial charge in [0.15, 0.2) is 11.5 Å². The Bertz CT molecular complexity index is 929. The molecule has 0 aliphatic heterocycles. The van der Waals surface area contributed by atoms with Crippen molar-refractivity contribution in [1.29, 1.82) is 0 Å². The Morgan fingerprint density at radius 3 is 2.57 bits per heavy atom. The molecule has 28 heavy (non-hydrogen) atoms. The molecule has 0 unspecified atom stereocenters. The molecule has 0 aromatic heterocycles. The third-order valence-corrected chi connectivity index (χ3v) is 3.95. The maximum Gasteiger partial charge on any atom is 0.255 e. The Kier molecular flexibility index (Phi) is 7.23. The highest BCUT2D eigenvalue weighted by Crippen LogP contribution is 2.33. The molecule has 0 atom stereocenters. The number of carbonyl (C=O) groups excluding carboxylic acids is 2. The van der Waals surface area contributed by atoms with E-state index in [0.29, 0.717) is 34.7 Å². The van der Waals surface area contributed by atoms with Crippen molar-refractivity contribution in [1.82, 2.24) is 5.32 Å². The van der Waals surface area contributed by atoms with Gasteiger partial charge >= 0.3 is 0 Å². The number of carbonyl (C=O) groups is 2. The van der Waals surface area contributed by atoms with Crippen LogP contribution in [0.15, 0.2) is 49.1 Å². The van der Waals surface area contributed by atoms with Gasteiger partial charge in [0, 0.05) is 11.1 Å². The molecule has 2 rings (SSSR count). The van der Waals surface area contributed by atoms with Crippen molar-refractivity contribution in [2.24, 2.45) is 0 Å². The van der Waals surface area contributed by atoms with E-state index < -0.39 is 0 Å². The van der Waals surface area contributed by atoms with Crippen molar-refractivity contribution in [3.63, 3.8) is 0 Å². The number of nitrogens with one attached hydrogen (secondary N) is 2. The van der Waals surface area contributed by atoms with E-state index in [2.05, 4.69) is 23.1 Å². The van der Waals surface area contributed by atoms with Crippen LogP contribution in [0.2, 0.25) is 0 Å². The second kappa shape index (κ2) is 9.83. The Morgan fingerprint density at radius 2 is 1.93 bits per heavy atom. The molecule has 2 aromatic rings. The molecule has 0 fully saturated rings. The predicted octanol–water partition coefficient (Wildman–Crippen LogP) is 3.05. The number of para-hydroxylation sites is 1. The number of hydrogen-bond acceptors (Lipinski definition) is 4. The molecule has 0 aliphatic rings. The van der Waals surface area contributed by atoms with Crippen LogP contribution in [-0.2, 0) is 6.42 Å². The molecular weight excluding hydrogens is 356 g/mol. The molecule has 0 aliphatic carbocycles. The number of rotatable bonds is 8. The first-order chi connectivity index (χ1) is 13.5. The molecule has 0 bridgehead atoms. The molecule has 0 radical (unpaired) electrons. The van der Waals surface area contributed by atoms with Crippen LogP contribution in [0.25, 0.3) is 0 Å². The molecule has 2 N–H and O–H groups in total. The summed E-state index contributed by atoms with van der Waals surface area (Å²) in [7, 11) is 3.04. The van der Waals surface area contributed by atoms with Crippen LogP contribution >= 0.6 is 0 Å². The summed E-state index contributed by atoms with van der Waals surface area (Å²) in [5.74, 6) is 2.58. The van der Waals surface area contributed by atoms with Crippen molar-refractivity contribution in [3.05, 3.63) is 65.7 Å². The average Bonchev–Trinajstić information content (AvgIpc) is 2.71. The first kappa shape index (κ1) is 20.6. The summed E-state index contributed by atoms with van der Waals surface area (Å²) < 4.78 is 10.7. The average molecular weight is 378 g/mol. The van der Waals surface area contributed by atoms with Gasteiger partial charge in [-0.05, 0) is 30.7 Å². The Balaban J connectivity index is 2.36. The number of amides is 2. The van der Waals surface area contributed by atoms with Crippen LogP contribution in [0.5, 0.6) is 11.5 Å². The summed E-state index contributed by atoms with van der Waals surface area (Å²) >= 11 is 0. The number of terminal acetylenes is 1. The van der Waals surface area contributed by atoms with Crippen LogP contribution in [0.3, 0.4) is 0 Å². The zero-order valence-corrected chi connectivity index (χ0v) is 15.9. The van der Waals surface area contributed by atoms with E-state index >= 15 is 0 Å². The van der Waals surface area contributed by atoms with E-state index in [-0.39, 0.29) is 18.4 Å². The molecule has 0 saturated heterocycles. The van der Waals surface area contributed by atoms with Gasteiger partial charge in [0.2, 0.25) is 0 Å². The van der Waals surface area contributed by atoms with Gasteiger partial charge in [-0.15, -0.1) is 13.0 Å². The Morgan fingerprint density at radius 1 is 1.18 bits per heavy atom. The van der Waals surface area contributed by atoms with Gasteiger partial charge in [0.05, 0.1) is 32.0 Å². The highest BCUT2D eigenvalue weighted by atomic mass is 16.5. The van der Waals surface area contributed by atoms with Gasteiger partial charge in [-0.25, -0.2) is 0 Å². The second-order valence-corrected chi connectivity index (χ2v) is 5.75. The van der Waals surface area contributed by atoms with Gasteiger partial charge < -0.3 is 20.1 Å². The lowest BCUT2D eigenvalue weighted by Gasteiger charge is -2.15. The number of anilines is 1. The van der Waals surface area contributed by atoms with Crippen LogP contribution in [0.4, 0.5) is 5.69 Å². The summed E-state index contributed by atoms with van der Waals surface area (Å²) in [6, 6.07) is 9.98. The predicted molar refractivity (Wildman–Crippen MR) is 109 cm³/mol. The number of ether oxygens (including phenoxy) is 2. The van der Waals surface area contributed by atoms with E-state index in [1.165, 1.54) is 14.2 Å². The molecule has 2 aromatic carbocycles. The van der Waals surface area contributed by atoms with Gasteiger partial charge in [-0.3, -0.25) is 9.59 Å². The van der Waals surface area contributed by atoms with Crippen molar-refractivity contribution in [2.45, 2.75) is 6.42 Å². The minimum absolute atomic E-state index is 0.0989. The maximum absolute atomic E-state index is 12.8. The lowest BCUT2D eigenvalue weighted by Crippen LogP contribution is -2.25. The molecule has 144 valence electrons. The molecule has 2 amide bonds. The zero-order valence-electron chi connectivity index (χ0n) is 15.9. The second-order valence-electron chi connectivity index (χ2n) is 5.75. The smallest absolute Gasteiger partial charge is 0.255 e. The fourth-order valence-corrected chi connectivity index (χ4v) is 2.69. The highest BCUT2D eigenvalue weighted by molar-refractivity contribution is 6.09. The first-order valence-corrected chi connectivity index (χ1v) is 8.53. The number of benzene rings is 2. The van der Waals surface area contributed by atoms with Gasteiger partial charge in [0.25, 0.3) is 11.8 Å². The van der Waals surface area contributed by atoms with Crippen LogP contribution in [0, 0.1) is 12.3 Å². The number of hydrogen-bond donors (Lipinski definition) is 2. The lowest BCUT2D eigenvalue weighted by atomic mass is 10.0. The molecule has 0 spiro atoms. The fourth-order valence-electron chi connectivity index (χ4n) is 2.69. The van der Waals surface area contributed by atoms with Gasteiger partial charge in [-0.1, -0.05) is 24.1 Å². The largest absolute Gasteiger partial charge is 0.493 e. The number of methoxy groups -OCH3 is 2. The summed E-state index contributed by atoms with van der Waals surface area (Å²) in [4.78, 5) is 25.1. The third-order valence-electron chi connectivity index (χ3n) is 3.95. The highest BCUT2D eigenvalue weighted by Gasteiger charge is 2.18. The van der Waals surface area contributed by atoms with E-state index in [9.17, 15) is 9.59 Å². The van der Waals surface area contributed by atoms with Crippen molar-refractivity contribution in [2.75, 3.05) is 26.1 Å². The van der Waals surface area contributed by atoms with E-state index in [4.69, 9.17) is 15.9 Å². The summed E-state index contributed by atoms with van der Waals surface area (Å²) in [5, 5.41) is 5.36. The summed E-state index contributed by atoms with van der Waals surface area (Å²) in [6.07, 6.45) is 7.39. The van der Waals surface area contributed by atoms with E-state index in [1.54, 1.807) is 42.5 Å². The topological polar surface area (TPSA) is 76.7 Å². The van der Waals surface area contributed by atoms with Crippen LogP contribution in [0.1, 0.15) is 26.3 Å². The first-order valence-electron chi connectivity index (χ1n) is 8.53. The maximum atomic E-state index is 12.8. The molecule has 6 heteroatoms. The van der Waals surface area contributed by atoms with Crippen LogP contribution < -0.4 is 20.1 Å². The SMILES string of the molecule is C#CCNC(=O)c1ccccc1NC(=O)c1cc(CC=C)c(OC)c(OC)c1. The molecular formula is C22H22N2O4. The Labute approximate surface area is 164 Å². The van der Waals surface area contributed by atoms with E-state index in [0.717, 1.165) is 5.56 Å². The lowest BCUT2D eigenvalue weighted by molar-refractivity contribution is 0.0959. The number of allylic oxidation sites excluding steroid dienone is 1. The van der Waals surface area contributed by atoms with Crippen molar-refractivity contribution < 1.29 is 19.1 Å². The molecule has 0 heterocycles. The normalized spacial score (nSPS) is 9.75. The molecule has 6 nitrogen and oxygen atoms in total. The Hall–Kier alpha value is -3.72. The summed E-state index contributed by atoms with van der Waals surface area (Å²) in [5.41, 5.74) is 1.83. The van der Waals surface area contributed by atoms with E-state index in [1.807, 2.05) is 0 Å². The summed E-state index contributed by atoms with van der Waals surface area (Å²) in [6.45, 7) is 3.83. The quantitative estimate of drug-likeness (QED) is 0.547. The van der Waals surface area contributed by atoms with Crippen molar-refractivity contribution in [3.8, 4) is 23.8 Å². The van der Waals surface area contributed by atoms with Crippen molar-refractivity contribution >= 4 is 17.5 Å². The minimum atomic E-state index is -0.386. The molecule has 0 saturated carbocycles. The van der Waals surface area contributed by atoms with Crippen LogP contribution in [-0.4, -0.2) is 32.6 Å². The minimum Gasteiger partial charge on any atom is -0.493 e. The standard InChI is InChI=1S/C22H22N2O4/c1-5-9-15-13-16(14-19(27-3)20(15)28-4)21(25)24-18-11-8-7-10-17(18)22(26)23-12-6-2/h2,5,7-8,10-11,13-14H,1,9,12H2,3-4H3,(H,23,26)(H,24,25). The third kappa shape index (κ3) is 4.71. The zero-order chi connectivity index (χ0) is 20.5.